The molecule has 0 bridgehead atoms. The summed E-state index contributed by atoms with van der Waals surface area (Å²) < 4.78 is 5.86. The summed E-state index contributed by atoms with van der Waals surface area (Å²) in [6, 6.07) is 0. The summed E-state index contributed by atoms with van der Waals surface area (Å²) in [6.07, 6.45) is 12.8. The Morgan fingerprint density at radius 1 is 1.24 bits per heavy atom. The first-order valence-electron chi connectivity index (χ1n) is 6.83. The minimum absolute atomic E-state index is 0.00311. The molecule has 1 unspecified atom stereocenters. The predicted octanol–water partition coefficient (Wildman–Crippen LogP) is 2.45. The van der Waals surface area contributed by atoms with E-state index in [9.17, 15) is 4.79 Å². The molecule has 103 valence electrons. The van der Waals surface area contributed by atoms with Crippen molar-refractivity contribution in [2.45, 2.75) is 64.0 Å². The molecule has 1 radical (unpaired) electrons. The van der Waals surface area contributed by atoms with Gasteiger partial charge in [-0.25, -0.2) is 0 Å². The summed E-state index contributed by atoms with van der Waals surface area (Å²) in [6.45, 7) is 3.03. The van der Waals surface area contributed by atoms with E-state index in [2.05, 4.69) is 13.0 Å². The van der Waals surface area contributed by atoms with Crippen molar-refractivity contribution in [3.63, 3.8) is 0 Å². The van der Waals surface area contributed by atoms with E-state index in [4.69, 9.17) is 4.74 Å². The summed E-state index contributed by atoms with van der Waals surface area (Å²) in [5.74, 6) is 0. The molecule has 0 amide bonds. The van der Waals surface area contributed by atoms with Crippen molar-refractivity contribution >= 4 is 11.7 Å². The van der Waals surface area contributed by atoms with Crippen molar-refractivity contribution in [3.8, 4) is 0 Å². The molecular formula is C13H25O2PtSi. The van der Waals surface area contributed by atoms with Crippen LogP contribution in [0.15, 0.2) is 0 Å². The van der Waals surface area contributed by atoms with E-state index in [-0.39, 0.29) is 31.4 Å². The van der Waals surface area contributed by atoms with Gasteiger partial charge in [-0.3, -0.25) is 0 Å². The maximum Gasteiger partial charge on any atom is -0.0386 e. The van der Waals surface area contributed by atoms with Crippen molar-refractivity contribution in [1.82, 2.24) is 0 Å². The van der Waals surface area contributed by atoms with Crippen LogP contribution in [0, 0.1) is 6.42 Å². The molecular weight excluding hydrogens is 411 g/mol. The molecule has 1 aliphatic carbocycles. The topological polar surface area (TPSA) is 26.3 Å². The van der Waals surface area contributed by atoms with E-state index in [0.717, 1.165) is 19.4 Å². The number of hydrogen-bond acceptors (Lipinski definition) is 2. The smallest absolute Gasteiger partial charge is 0.0386 e. The van der Waals surface area contributed by atoms with Gasteiger partial charge in [0.2, 0.25) is 0 Å². The Hall–Kier alpha value is 0.535. The second kappa shape index (κ2) is 10.5. The molecule has 0 N–H and O–H groups in total. The third kappa shape index (κ3) is 7.53. The van der Waals surface area contributed by atoms with Crippen molar-refractivity contribution < 1.29 is 27.4 Å². The molecule has 1 aliphatic heterocycles. The van der Waals surface area contributed by atoms with Crippen molar-refractivity contribution in [2.24, 2.45) is 0 Å². The predicted molar refractivity (Wildman–Crippen MR) is 70.4 cm³/mol. The normalized spacial score (nSPS) is 25.6. The maximum absolute atomic E-state index is 11.4. The van der Waals surface area contributed by atoms with E-state index >= 15 is 0 Å². The van der Waals surface area contributed by atoms with Gasteiger partial charge in [0.1, 0.15) is 0 Å². The molecule has 17 heavy (non-hydrogen) atoms. The Kier molecular flexibility index (Phi) is 9.59. The molecule has 2 fully saturated rings. The Balaban J connectivity index is 0.000000202. The number of carbonyl (C=O) groups excluding carboxylic acids is 1. The zero-order chi connectivity index (χ0) is 12.3. The van der Waals surface area contributed by atoms with Gasteiger partial charge in [0.05, 0.1) is 0 Å². The molecule has 2 rings (SSSR count). The van der Waals surface area contributed by atoms with Crippen LogP contribution in [0.25, 0.3) is 0 Å². The van der Waals surface area contributed by atoms with Crippen LogP contribution >= 0.6 is 0 Å². The van der Waals surface area contributed by atoms with Crippen LogP contribution in [0.5, 0.6) is 0 Å². The monoisotopic (exact) mass is 436 g/mol. The standard InChI is InChI=1S/C6H9O2.C6H11.CH5Si.Pt/c7-5-6-3-1-2-4-8-6;1-2-4-6-5-3-1;1-2;/h6H,1-4H2;1H,2-6H2;2H2,1H3;. The molecule has 0 aromatic heterocycles. The number of ether oxygens (including phenoxy) is 1. The van der Waals surface area contributed by atoms with Crippen LogP contribution < -0.4 is 0 Å². The molecule has 2 nitrogen and oxygen atoms in total. The maximum atomic E-state index is 11.4. The number of hydrogen-bond donors (Lipinski definition) is 0. The SMILES string of the molecule is C[SiH2][Pt][C](=O)C1CCCCO1.[CH]1CCCCC1. The average Bonchev–Trinajstić information content (AvgIpc) is 2.43. The fourth-order valence-electron chi connectivity index (χ4n) is 1.99. The molecule has 0 aromatic carbocycles. The van der Waals surface area contributed by atoms with Gasteiger partial charge in [0.15, 0.2) is 0 Å². The van der Waals surface area contributed by atoms with Gasteiger partial charge in [0.25, 0.3) is 0 Å². The minimum Gasteiger partial charge on any atom is -0.0533 e. The molecule has 1 heterocycles. The molecule has 2 aliphatic rings. The van der Waals surface area contributed by atoms with Crippen molar-refractivity contribution in [3.05, 3.63) is 6.42 Å². The summed E-state index contributed by atoms with van der Waals surface area (Å²) in [5, 5.41) is 0. The Bertz CT molecular complexity index is 190. The van der Waals surface area contributed by atoms with E-state index < -0.39 is 0 Å². The fraction of sp³-hybridized carbons (Fsp3) is 0.846. The van der Waals surface area contributed by atoms with Crippen LogP contribution in [0.2, 0.25) is 6.55 Å². The van der Waals surface area contributed by atoms with Crippen LogP contribution in [-0.2, 0) is 27.4 Å². The van der Waals surface area contributed by atoms with Crippen LogP contribution in [-0.4, -0.2) is 24.4 Å². The molecule has 4 heteroatoms. The molecule has 1 saturated heterocycles. The van der Waals surface area contributed by atoms with Crippen LogP contribution in [0.1, 0.15) is 51.4 Å². The number of rotatable bonds is 3. The van der Waals surface area contributed by atoms with Gasteiger partial charge in [-0.2, -0.15) is 0 Å². The molecule has 0 spiro atoms. The van der Waals surface area contributed by atoms with Crippen molar-refractivity contribution in [2.75, 3.05) is 6.61 Å². The molecule has 0 aromatic rings. The largest absolute Gasteiger partial charge is 0.0533 e. The van der Waals surface area contributed by atoms with Crippen LogP contribution in [0.3, 0.4) is 0 Å². The summed E-state index contributed by atoms with van der Waals surface area (Å²) >= 11 is -0.0942. The second-order valence-electron chi connectivity index (χ2n) is 4.39. The van der Waals surface area contributed by atoms with Crippen LogP contribution in [0.4, 0.5) is 0 Å². The van der Waals surface area contributed by atoms with E-state index in [0.29, 0.717) is 4.17 Å². The summed E-state index contributed by atoms with van der Waals surface area (Å²) in [4.78, 5) is 11.4. The third-order valence-corrected chi connectivity index (χ3v) is 8.91. The first kappa shape index (κ1) is 15.6. The van der Waals surface area contributed by atoms with E-state index in [1.165, 1.54) is 38.5 Å². The van der Waals surface area contributed by atoms with Gasteiger partial charge in [-0.15, -0.1) is 0 Å². The quantitative estimate of drug-likeness (QED) is 0.636. The molecule has 1 atom stereocenters. The van der Waals surface area contributed by atoms with Gasteiger partial charge in [-0.05, 0) is 6.42 Å². The van der Waals surface area contributed by atoms with Gasteiger partial charge in [0, 0.05) is 0 Å². The third-order valence-electron chi connectivity index (χ3n) is 2.95. The zero-order valence-corrected chi connectivity index (χ0v) is 14.5. The second-order valence-corrected chi connectivity index (χ2v) is 13.4. The number of carbonyl (C=O) groups is 1. The fourth-order valence-corrected chi connectivity index (χ4v) is 6.80. The van der Waals surface area contributed by atoms with Gasteiger partial charge < -0.3 is 0 Å². The summed E-state index contributed by atoms with van der Waals surface area (Å²) in [7, 11) is 0.00311. The summed E-state index contributed by atoms with van der Waals surface area (Å²) in [5.41, 5.74) is 0. The first-order valence-corrected chi connectivity index (χ1v) is 14.6. The van der Waals surface area contributed by atoms with Crippen molar-refractivity contribution in [1.29, 1.82) is 0 Å². The Labute approximate surface area is 116 Å². The van der Waals surface area contributed by atoms with Gasteiger partial charge in [-0.1, -0.05) is 32.1 Å². The Morgan fingerprint density at radius 2 is 2.00 bits per heavy atom. The Morgan fingerprint density at radius 3 is 2.41 bits per heavy atom. The minimum atomic E-state index is -0.0942. The van der Waals surface area contributed by atoms with E-state index in [1.54, 1.807) is 0 Å². The van der Waals surface area contributed by atoms with Gasteiger partial charge >= 0.3 is 77.5 Å². The average molecular weight is 437 g/mol. The van der Waals surface area contributed by atoms with E-state index in [1.807, 2.05) is 0 Å². The zero-order valence-electron chi connectivity index (χ0n) is 10.9. The first-order chi connectivity index (χ1) is 8.34. The molecule has 1 saturated carbocycles.